The highest BCUT2D eigenvalue weighted by Gasteiger charge is 2.13. The van der Waals surface area contributed by atoms with E-state index in [-0.39, 0.29) is 0 Å². The van der Waals surface area contributed by atoms with Gasteiger partial charge < -0.3 is 0 Å². The van der Waals surface area contributed by atoms with E-state index in [1.165, 1.54) is 11.1 Å². The zero-order valence-corrected chi connectivity index (χ0v) is 16.0. The predicted molar refractivity (Wildman–Crippen MR) is 122 cm³/mol. The highest BCUT2D eigenvalue weighted by molar-refractivity contribution is 5.83. The van der Waals surface area contributed by atoms with E-state index in [0.29, 0.717) is 0 Å². The maximum atomic E-state index is 4.91. The van der Waals surface area contributed by atoms with Gasteiger partial charge in [-0.25, -0.2) is 4.98 Å². The summed E-state index contributed by atoms with van der Waals surface area (Å²) in [6.07, 6.45) is 1.86. The topological polar surface area (TPSA) is 17.8 Å². The number of aromatic nitrogens is 2. The SMILES string of the molecule is C=Cc1ccc(-c2ccc(-n3c(-c4ccccc4)nc4ccccc43)cc2)cc1. The molecule has 2 heteroatoms. The average Bonchev–Trinajstić information content (AvgIpc) is 3.19. The number of nitrogens with zero attached hydrogens (tertiary/aromatic N) is 2. The van der Waals surface area contributed by atoms with Crippen LogP contribution in [0.5, 0.6) is 0 Å². The largest absolute Gasteiger partial charge is 0.292 e. The number of benzene rings is 4. The summed E-state index contributed by atoms with van der Waals surface area (Å²) in [5, 5.41) is 0. The number of hydrogen-bond donors (Lipinski definition) is 0. The summed E-state index contributed by atoms with van der Waals surface area (Å²) in [6.45, 7) is 3.82. The van der Waals surface area contributed by atoms with Crippen LogP contribution in [0, 0.1) is 0 Å². The molecule has 0 fully saturated rings. The summed E-state index contributed by atoms with van der Waals surface area (Å²) in [5.74, 6) is 0.954. The first-order valence-corrected chi connectivity index (χ1v) is 9.70. The Balaban J connectivity index is 1.62. The van der Waals surface area contributed by atoms with Crippen LogP contribution in [0.2, 0.25) is 0 Å². The van der Waals surface area contributed by atoms with Crippen LogP contribution in [0.4, 0.5) is 0 Å². The second kappa shape index (κ2) is 7.25. The normalized spacial score (nSPS) is 10.9. The molecule has 0 aliphatic carbocycles. The third kappa shape index (κ3) is 3.15. The van der Waals surface area contributed by atoms with Gasteiger partial charge in [-0.05, 0) is 41.0 Å². The molecular formula is C27H20N2. The zero-order valence-electron chi connectivity index (χ0n) is 16.0. The van der Waals surface area contributed by atoms with Gasteiger partial charge in [0.2, 0.25) is 0 Å². The molecule has 0 aliphatic rings. The highest BCUT2D eigenvalue weighted by Crippen LogP contribution is 2.30. The molecule has 0 N–H and O–H groups in total. The molecule has 0 amide bonds. The van der Waals surface area contributed by atoms with E-state index >= 15 is 0 Å². The van der Waals surface area contributed by atoms with E-state index < -0.39 is 0 Å². The quantitative estimate of drug-likeness (QED) is 0.332. The fraction of sp³-hybridized carbons (Fsp3) is 0. The molecular weight excluding hydrogens is 352 g/mol. The monoisotopic (exact) mass is 372 g/mol. The molecule has 1 aromatic heterocycles. The van der Waals surface area contributed by atoms with Crippen molar-refractivity contribution in [2.75, 3.05) is 0 Å². The van der Waals surface area contributed by atoms with Crippen molar-refractivity contribution in [3.05, 3.63) is 115 Å². The van der Waals surface area contributed by atoms with Crippen LogP contribution in [0.1, 0.15) is 5.56 Å². The van der Waals surface area contributed by atoms with E-state index in [2.05, 4.69) is 102 Å². The molecule has 138 valence electrons. The fourth-order valence-corrected chi connectivity index (χ4v) is 3.68. The smallest absolute Gasteiger partial charge is 0.145 e. The average molecular weight is 372 g/mol. The Labute approximate surface area is 170 Å². The molecule has 1 heterocycles. The van der Waals surface area contributed by atoms with Crippen molar-refractivity contribution >= 4 is 17.1 Å². The Morgan fingerprint density at radius 2 is 1.24 bits per heavy atom. The van der Waals surface area contributed by atoms with Gasteiger partial charge in [0, 0.05) is 11.3 Å². The lowest BCUT2D eigenvalue weighted by molar-refractivity contribution is 1.10. The van der Waals surface area contributed by atoms with E-state index in [9.17, 15) is 0 Å². The van der Waals surface area contributed by atoms with Gasteiger partial charge in [0.15, 0.2) is 0 Å². The molecule has 2 nitrogen and oxygen atoms in total. The van der Waals surface area contributed by atoms with Crippen molar-refractivity contribution in [3.8, 4) is 28.2 Å². The second-order valence-electron chi connectivity index (χ2n) is 7.00. The van der Waals surface area contributed by atoms with E-state index in [1.54, 1.807) is 0 Å². The van der Waals surface area contributed by atoms with Crippen LogP contribution >= 0.6 is 0 Å². The summed E-state index contributed by atoms with van der Waals surface area (Å²) in [6, 6.07) is 35.7. The number of hydrogen-bond acceptors (Lipinski definition) is 1. The minimum Gasteiger partial charge on any atom is -0.292 e. The molecule has 0 saturated carbocycles. The molecule has 0 radical (unpaired) electrons. The standard InChI is InChI=1S/C27H20N2/c1-2-20-12-14-21(15-13-20)22-16-18-24(19-17-22)29-26-11-7-6-10-25(26)28-27(29)23-8-4-3-5-9-23/h2-19H,1H2. The van der Waals surface area contributed by atoms with Crippen LogP contribution in [-0.4, -0.2) is 9.55 Å². The van der Waals surface area contributed by atoms with Crippen molar-refractivity contribution < 1.29 is 0 Å². The number of para-hydroxylation sites is 2. The molecule has 0 unspecified atom stereocenters. The lowest BCUT2D eigenvalue weighted by atomic mass is 10.0. The molecule has 0 bridgehead atoms. The Morgan fingerprint density at radius 1 is 0.621 bits per heavy atom. The van der Waals surface area contributed by atoms with Gasteiger partial charge >= 0.3 is 0 Å². The lowest BCUT2D eigenvalue weighted by Gasteiger charge is -2.11. The first-order chi connectivity index (χ1) is 14.3. The second-order valence-corrected chi connectivity index (χ2v) is 7.00. The van der Waals surface area contributed by atoms with Gasteiger partial charge in [-0.15, -0.1) is 0 Å². The number of rotatable bonds is 4. The Morgan fingerprint density at radius 3 is 1.93 bits per heavy atom. The fourth-order valence-electron chi connectivity index (χ4n) is 3.68. The number of fused-ring (bicyclic) bond motifs is 1. The maximum Gasteiger partial charge on any atom is 0.145 e. The highest BCUT2D eigenvalue weighted by atomic mass is 15.1. The number of imidazole rings is 1. The molecule has 29 heavy (non-hydrogen) atoms. The van der Waals surface area contributed by atoms with Gasteiger partial charge in [0.1, 0.15) is 5.82 Å². The first kappa shape index (κ1) is 17.2. The van der Waals surface area contributed by atoms with Crippen LogP contribution in [0.15, 0.2) is 110 Å². The predicted octanol–water partition coefficient (Wildman–Crippen LogP) is 7.00. The molecule has 0 aliphatic heterocycles. The van der Waals surface area contributed by atoms with Gasteiger partial charge in [-0.2, -0.15) is 0 Å². The van der Waals surface area contributed by atoms with Crippen LogP contribution in [0.3, 0.4) is 0 Å². The summed E-state index contributed by atoms with van der Waals surface area (Å²) in [5.41, 5.74) is 7.82. The van der Waals surface area contributed by atoms with Crippen molar-refractivity contribution in [2.45, 2.75) is 0 Å². The Bertz CT molecular complexity index is 1280. The summed E-state index contributed by atoms with van der Waals surface area (Å²) < 4.78 is 2.23. The summed E-state index contributed by atoms with van der Waals surface area (Å²) in [4.78, 5) is 4.91. The van der Waals surface area contributed by atoms with Crippen LogP contribution in [-0.2, 0) is 0 Å². The molecule has 4 aromatic carbocycles. The van der Waals surface area contributed by atoms with E-state index in [4.69, 9.17) is 4.98 Å². The third-order valence-electron chi connectivity index (χ3n) is 5.20. The molecule has 5 rings (SSSR count). The minimum atomic E-state index is 0.954. The Hall–Kier alpha value is -3.91. The third-order valence-corrected chi connectivity index (χ3v) is 5.20. The van der Waals surface area contributed by atoms with E-state index in [1.807, 2.05) is 18.2 Å². The van der Waals surface area contributed by atoms with Crippen LogP contribution in [0.25, 0.3) is 45.3 Å². The molecule has 5 aromatic rings. The van der Waals surface area contributed by atoms with Gasteiger partial charge in [-0.3, -0.25) is 4.57 Å². The lowest BCUT2D eigenvalue weighted by Crippen LogP contribution is -1.97. The van der Waals surface area contributed by atoms with Crippen molar-refractivity contribution in [1.82, 2.24) is 9.55 Å². The van der Waals surface area contributed by atoms with E-state index in [0.717, 1.165) is 33.7 Å². The van der Waals surface area contributed by atoms with Gasteiger partial charge in [0.25, 0.3) is 0 Å². The van der Waals surface area contributed by atoms with Crippen LogP contribution < -0.4 is 0 Å². The minimum absolute atomic E-state index is 0.954. The Kier molecular flexibility index (Phi) is 4.30. The van der Waals surface area contributed by atoms with Gasteiger partial charge in [0.05, 0.1) is 11.0 Å². The molecule has 0 atom stereocenters. The van der Waals surface area contributed by atoms with Gasteiger partial charge in [-0.1, -0.05) is 91.5 Å². The summed E-state index contributed by atoms with van der Waals surface area (Å²) in [7, 11) is 0. The molecule has 0 spiro atoms. The summed E-state index contributed by atoms with van der Waals surface area (Å²) >= 11 is 0. The van der Waals surface area contributed by atoms with Crippen molar-refractivity contribution in [3.63, 3.8) is 0 Å². The van der Waals surface area contributed by atoms with Crippen molar-refractivity contribution in [1.29, 1.82) is 0 Å². The first-order valence-electron chi connectivity index (χ1n) is 9.70. The maximum absolute atomic E-state index is 4.91. The van der Waals surface area contributed by atoms with Crippen molar-refractivity contribution in [2.24, 2.45) is 0 Å². The zero-order chi connectivity index (χ0) is 19.6. The molecule has 0 saturated heterocycles.